The summed E-state index contributed by atoms with van der Waals surface area (Å²) < 4.78 is 32.9. The maximum Gasteiger partial charge on any atom is 0.270 e. The van der Waals surface area contributed by atoms with Crippen molar-refractivity contribution in [2.45, 2.75) is 31.3 Å². The van der Waals surface area contributed by atoms with E-state index in [4.69, 9.17) is 4.74 Å². The minimum Gasteiger partial charge on any atom is -0.374 e. The van der Waals surface area contributed by atoms with Crippen LogP contribution in [0.25, 0.3) is 0 Å². The summed E-state index contributed by atoms with van der Waals surface area (Å²) in [6, 6.07) is 13.5. The summed E-state index contributed by atoms with van der Waals surface area (Å²) in [6.45, 7) is 4.12. The van der Waals surface area contributed by atoms with E-state index in [1.807, 2.05) is 37.3 Å². The van der Waals surface area contributed by atoms with E-state index in [-0.39, 0.29) is 23.2 Å². The Hall–Kier alpha value is -2.29. The minimum absolute atomic E-state index is 0.0770. The lowest BCUT2D eigenvalue weighted by Crippen LogP contribution is -2.26. The van der Waals surface area contributed by atoms with Crippen molar-refractivity contribution in [1.29, 1.82) is 0 Å². The third-order valence-electron chi connectivity index (χ3n) is 3.92. The molecular weight excluding hydrogens is 356 g/mol. The van der Waals surface area contributed by atoms with Crippen molar-refractivity contribution in [2.75, 3.05) is 13.2 Å². The van der Waals surface area contributed by atoms with Crippen LogP contribution in [0.15, 0.2) is 53.4 Å². The van der Waals surface area contributed by atoms with Crippen LogP contribution in [0.2, 0.25) is 0 Å². The second-order valence-corrected chi connectivity index (χ2v) is 7.62. The van der Waals surface area contributed by atoms with Crippen molar-refractivity contribution in [3.63, 3.8) is 0 Å². The highest BCUT2D eigenvalue weighted by Crippen LogP contribution is 2.21. The molecular formula is C18H22N2O5S. The molecule has 0 bridgehead atoms. The number of non-ortho nitro benzene ring substituents is 1. The molecule has 0 aliphatic carbocycles. The van der Waals surface area contributed by atoms with Crippen LogP contribution in [-0.2, 0) is 14.8 Å². The van der Waals surface area contributed by atoms with Gasteiger partial charge in [-0.25, -0.2) is 13.1 Å². The largest absolute Gasteiger partial charge is 0.374 e. The van der Waals surface area contributed by atoms with Crippen molar-refractivity contribution in [3.05, 3.63) is 69.8 Å². The van der Waals surface area contributed by atoms with E-state index in [0.717, 1.165) is 11.6 Å². The van der Waals surface area contributed by atoms with Gasteiger partial charge in [0.2, 0.25) is 10.0 Å². The summed E-state index contributed by atoms with van der Waals surface area (Å²) in [7, 11) is -3.81. The Balaban J connectivity index is 1.87. The predicted octanol–water partition coefficient (Wildman–Crippen LogP) is 3.35. The Labute approximate surface area is 153 Å². The van der Waals surface area contributed by atoms with Gasteiger partial charge in [0.05, 0.1) is 15.9 Å². The Bertz CT molecular complexity index is 853. The number of benzene rings is 2. The quantitative estimate of drug-likeness (QED) is 0.410. The number of nitrogens with one attached hydrogen (secondary N) is 1. The number of rotatable bonds is 9. The second-order valence-electron chi connectivity index (χ2n) is 5.88. The van der Waals surface area contributed by atoms with Crippen LogP contribution in [0.3, 0.4) is 0 Å². The molecule has 0 fully saturated rings. The fourth-order valence-corrected chi connectivity index (χ4v) is 3.77. The molecule has 0 amide bonds. The molecule has 0 heterocycles. The third-order valence-corrected chi connectivity index (χ3v) is 5.53. The van der Waals surface area contributed by atoms with E-state index in [0.29, 0.717) is 18.6 Å². The molecule has 2 aromatic carbocycles. The van der Waals surface area contributed by atoms with Crippen LogP contribution >= 0.6 is 0 Å². The topological polar surface area (TPSA) is 98.5 Å². The summed E-state index contributed by atoms with van der Waals surface area (Å²) in [5.41, 5.74) is 1.26. The number of ether oxygens (including phenoxy) is 1. The van der Waals surface area contributed by atoms with E-state index in [2.05, 4.69) is 4.72 Å². The molecule has 1 N–H and O–H groups in total. The Morgan fingerprint density at radius 2 is 1.88 bits per heavy atom. The van der Waals surface area contributed by atoms with Crippen molar-refractivity contribution in [2.24, 2.45) is 0 Å². The van der Waals surface area contributed by atoms with Gasteiger partial charge in [0.15, 0.2) is 0 Å². The molecule has 0 aliphatic heterocycles. The van der Waals surface area contributed by atoms with Gasteiger partial charge in [0.25, 0.3) is 5.69 Å². The summed E-state index contributed by atoms with van der Waals surface area (Å²) in [4.78, 5) is 10.2. The van der Waals surface area contributed by atoms with E-state index >= 15 is 0 Å². The molecule has 2 rings (SSSR count). The van der Waals surface area contributed by atoms with E-state index in [1.54, 1.807) is 6.92 Å². The number of sulfonamides is 1. The van der Waals surface area contributed by atoms with E-state index in [1.165, 1.54) is 12.1 Å². The highest BCUT2D eigenvalue weighted by molar-refractivity contribution is 7.89. The van der Waals surface area contributed by atoms with E-state index in [9.17, 15) is 18.5 Å². The number of nitrogens with zero attached hydrogens (tertiary/aromatic N) is 1. The van der Waals surface area contributed by atoms with Gasteiger partial charge in [-0.2, -0.15) is 0 Å². The maximum absolute atomic E-state index is 12.4. The molecule has 0 aliphatic rings. The molecule has 8 heteroatoms. The molecule has 0 aromatic heterocycles. The molecule has 0 saturated heterocycles. The predicted molar refractivity (Wildman–Crippen MR) is 98.4 cm³/mol. The molecule has 1 atom stereocenters. The van der Waals surface area contributed by atoms with Gasteiger partial charge in [0.1, 0.15) is 0 Å². The van der Waals surface area contributed by atoms with Gasteiger partial charge in [-0.3, -0.25) is 10.1 Å². The zero-order chi connectivity index (χ0) is 19.2. The molecule has 1 unspecified atom stereocenters. The summed E-state index contributed by atoms with van der Waals surface area (Å²) in [5.74, 6) is 0. The van der Waals surface area contributed by atoms with Gasteiger partial charge in [-0.05, 0) is 31.4 Å². The van der Waals surface area contributed by atoms with Gasteiger partial charge >= 0.3 is 0 Å². The van der Waals surface area contributed by atoms with Crippen molar-refractivity contribution < 1.29 is 18.1 Å². The van der Waals surface area contributed by atoms with Gasteiger partial charge in [-0.1, -0.05) is 36.4 Å². The number of aryl methyl sites for hydroxylation is 1. The van der Waals surface area contributed by atoms with Crippen LogP contribution in [-0.4, -0.2) is 26.5 Å². The second kappa shape index (κ2) is 8.88. The number of nitro benzene ring substituents is 1. The highest BCUT2D eigenvalue weighted by Gasteiger charge is 2.20. The highest BCUT2D eigenvalue weighted by atomic mass is 32.2. The average molecular weight is 378 g/mol. The first-order valence-electron chi connectivity index (χ1n) is 8.22. The van der Waals surface area contributed by atoms with Gasteiger partial charge < -0.3 is 4.74 Å². The van der Waals surface area contributed by atoms with Crippen LogP contribution in [0, 0.1) is 17.0 Å². The Morgan fingerprint density at radius 1 is 1.19 bits per heavy atom. The zero-order valence-electron chi connectivity index (χ0n) is 14.7. The lowest BCUT2D eigenvalue weighted by molar-refractivity contribution is -0.385. The molecule has 140 valence electrons. The Kier molecular flexibility index (Phi) is 6.84. The average Bonchev–Trinajstić information content (AvgIpc) is 2.62. The number of hydrogen-bond donors (Lipinski definition) is 1. The number of nitro groups is 1. The third kappa shape index (κ3) is 5.35. The fourth-order valence-electron chi connectivity index (χ4n) is 2.43. The molecule has 7 nitrogen and oxygen atoms in total. The van der Waals surface area contributed by atoms with Crippen molar-refractivity contribution >= 4 is 15.7 Å². The first-order chi connectivity index (χ1) is 12.3. The molecule has 0 spiro atoms. The SMILES string of the molecule is Cc1ccc([N+](=O)[O-])cc1S(=O)(=O)NCCCOC(C)c1ccccc1. The zero-order valence-corrected chi connectivity index (χ0v) is 15.5. The molecule has 2 aromatic rings. The van der Waals surface area contributed by atoms with Gasteiger partial charge in [-0.15, -0.1) is 0 Å². The molecule has 0 saturated carbocycles. The molecule has 26 heavy (non-hydrogen) atoms. The van der Waals surface area contributed by atoms with Crippen molar-refractivity contribution in [1.82, 2.24) is 4.72 Å². The minimum atomic E-state index is -3.81. The van der Waals surface area contributed by atoms with E-state index < -0.39 is 14.9 Å². The van der Waals surface area contributed by atoms with Crippen LogP contribution in [0.4, 0.5) is 5.69 Å². The number of hydrogen-bond acceptors (Lipinski definition) is 5. The maximum atomic E-state index is 12.4. The van der Waals surface area contributed by atoms with Crippen LogP contribution in [0.5, 0.6) is 0 Å². The lowest BCUT2D eigenvalue weighted by atomic mass is 10.1. The van der Waals surface area contributed by atoms with Crippen molar-refractivity contribution in [3.8, 4) is 0 Å². The van der Waals surface area contributed by atoms with Gasteiger partial charge in [0, 0.05) is 25.3 Å². The molecule has 0 radical (unpaired) electrons. The monoisotopic (exact) mass is 378 g/mol. The fraction of sp³-hybridized carbons (Fsp3) is 0.333. The summed E-state index contributed by atoms with van der Waals surface area (Å²) >= 11 is 0. The normalized spacial score (nSPS) is 12.7. The summed E-state index contributed by atoms with van der Waals surface area (Å²) in [6.07, 6.45) is 0.413. The first kappa shape index (κ1) is 20.0. The standard InChI is InChI=1S/C18H22N2O5S/c1-14-9-10-17(20(21)22)13-18(14)26(23,24)19-11-6-12-25-15(2)16-7-4-3-5-8-16/h3-5,7-10,13,15,19H,6,11-12H2,1-2H3. The first-order valence-corrected chi connectivity index (χ1v) is 9.71. The Morgan fingerprint density at radius 3 is 2.54 bits per heavy atom. The summed E-state index contributed by atoms with van der Waals surface area (Å²) in [5, 5.41) is 10.8. The smallest absolute Gasteiger partial charge is 0.270 e. The van der Waals surface area contributed by atoms with Crippen LogP contribution in [0.1, 0.15) is 30.6 Å². The van der Waals surface area contributed by atoms with Crippen LogP contribution < -0.4 is 4.72 Å². The lowest BCUT2D eigenvalue weighted by Gasteiger charge is -2.14.